The van der Waals surface area contributed by atoms with Gasteiger partial charge in [-0.05, 0) is 39.8 Å². The highest BCUT2D eigenvalue weighted by Gasteiger charge is 2.12. The summed E-state index contributed by atoms with van der Waals surface area (Å²) in [5.41, 5.74) is 5.46. The van der Waals surface area contributed by atoms with Crippen LogP contribution >= 0.6 is 0 Å². The molecule has 0 fully saturated rings. The lowest BCUT2D eigenvalue weighted by Gasteiger charge is -2.24. The molecular formula is C14H26N4. The van der Waals surface area contributed by atoms with E-state index in [1.807, 2.05) is 13.8 Å². The smallest absolute Gasteiger partial charge is 0.0666 e. The molecule has 0 aliphatic heterocycles. The molecule has 0 saturated heterocycles. The van der Waals surface area contributed by atoms with Gasteiger partial charge in [-0.25, -0.2) is 0 Å². The fourth-order valence-electron chi connectivity index (χ4n) is 1.95. The Labute approximate surface area is 111 Å². The second-order valence-corrected chi connectivity index (χ2v) is 5.02. The maximum atomic E-state index is 8.86. The molecular weight excluding hydrogens is 224 g/mol. The molecule has 0 aliphatic carbocycles. The summed E-state index contributed by atoms with van der Waals surface area (Å²) in [6, 6.07) is 4.51. The van der Waals surface area contributed by atoms with Crippen molar-refractivity contribution in [2.45, 2.75) is 39.5 Å². The molecule has 0 aromatic carbocycles. The van der Waals surface area contributed by atoms with E-state index in [2.05, 4.69) is 17.0 Å². The Morgan fingerprint density at radius 1 is 0.944 bits per heavy atom. The first-order valence-corrected chi connectivity index (χ1v) is 6.85. The molecule has 0 saturated carbocycles. The van der Waals surface area contributed by atoms with Gasteiger partial charge >= 0.3 is 0 Å². The van der Waals surface area contributed by atoms with Crippen LogP contribution in [-0.4, -0.2) is 31.1 Å². The number of unbranched alkanes of at least 4 members (excludes halogenated alkanes) is 3. The van der Waals surface area contributed by atoms with Crippen molar-refractivity contribution in [1.29, 1.82) is 10.5 Å². The molecule has 18 heavy (non-hydrogen) atoms. The molecule has 0 spiro atoms. The van der Waals surface area contributed by atoms with Gasteiger partial charge in [0.25, 0.3) is 0 Å². The number of hydrogen-bond donors (Lipinski definition) is 1. The third kappa shape index (κ3) is 8.98. The predicted octanol–water partition coefficient (Wildman–Crippen LogP) is 2.13. The highest BCUT2D eigenvalue weighted by molar-refractivity contribution is 4.85. The molecule has 0 aromatic heterocycles. The van der Waals surface area contributed by atoms with Crippen molar-refractivity contribution in [3.8, 4) is 12.1 Å². The van der Waals surface area contributed by atoms with E-state index >= 15 is 0 Å². The molecule has 2 atom stereocenters. The van der Waals surface area contributed by atoms with Gasteiger partial charge in [-0.1, -0.05) is 12.8 Å². The number of rotatable bonds is 10. The molecule has 2 unspecified atom stereocenters. The summed E-state index contributed by atoms with van der Waals surface area (Å²) in [7, 11) is 0. The Bertz CT molecular complexity index is 254. The molecule has 2 N–H and O–H groups in total. The van der Waals surface area contributed by atoms with Gasteiger partial charge in [-0.3, -0.25) is 0 Å². The highest BCUT2D eigenvalue weighted by atomic mass is 15.1. The predicted molar refractivity (Wildman–Crippen MR) is 73.5 cm³/mol. The van der Waals surface area contributed by atoms with E-state index in [-0.39, 0.29) is 11.8 Å². The summed E-state index contributed by atoms with van der Waals surface area (Å²) < 4.78 is 0. The van der Waals surface area contributed by atoms with Crippen LogP contribution in [0.5, 0.6) is 0 Å². The van der Waals surface area contributed by atoms with Crippen LogP contribution in [0.2, 0.25) is 0 Å². The molecule has 4 nitrogen and oxygen atoms in total. The second-order valence-electron chi connectivity index (χ2n) is 5.02. The SMILES string of the molecule is CC(C#N)CN(CCCCCCN)CC(C)C#N. The number of nitrogens with zero attached hydrogens (tertiary/aromatic N) is 3. The lowest BCUT2D eigenvalue weighted by atomic mass is 10.1. The summed E-state index contributed by atoms with van der Waals surface area (Å²) in [5, 5.41) is 17.7. The Hall–Kier alpha value is -1.10. The Morgan fingerprint density at radius 2 is 1.44 bits per heavy atom. The monoisotopic (exact) mass is 250 g/mol. The minimum atomic E-state index is 0.0277. The minimum absolute atomic E-state index is 0.0277. The lowest BCUT2D eigenvalue weighted by molar-refractivity contribution is 0.233. The van der Waals surface area contributed by atoms with Gasteiger partial charge in [-0.15, -0.1) is 0 Å². The fraction of sp³-hybridized carbons (Fsp3) is 0.857. The maximum Gasteiger partial charge on any atom is 0.0666 e. The van der Waals surface area contributed by atoms with Crippen LogP contribution in [0.1, 0.15) is 39.5 Å². The van der Waals surface area contributed by atoms with Gasteiger partial charge in [0, 0.05) is 13.1 Å². The number of nitrogens with two attached hydrogens (primary N) is 1. The Morgan fingerprint density at radius 3 is 1.89 bits per heavy atom. The summed E-state index contributed by atoms with van der Waals surface area (Å²) in [6.45, 7) is 7.12. The van der Waals surface area contributed by atoms with Crippen LogP contribution < -0.4 is 5.73 Å². The number of hydrogen-bond acceptors (Lipinski definition) is 4. The zero-order valence-electron chi connectivity index (χ0n) is 11.7. The molecule has 0 bridgehead atoms. The van der Waals surface area contributed by atoms with Crippen molar-refractivity contribution in [2.24, 2.45) is 17.6 Å². The van der Waals surface area contributed by atoms with E-state index < -0.39 is 0 Å². The quantitative estimate of drug-likeness (QED) is 0.602. The summed E-state index contributed by atoms with van der Waals surface area (Å²) >= 11 is 0. The summed E-state index contributed by atoms with van der Waals surface area (Å²) in [4.78, 5) is 2.24. The molecule has 0 radical (unpaired) electrons. The van der Waals surface area contributed by atoms with Crippen molar-refractivity contribution in [1.82, 2.24) is 4.90 Å². The van der Waals surface area contributed by atoms with Crippen molar-refractivity contribution in [2.75, 3.05) is 26.2 Å². The van der Waals surface area contributed by atoms with E-state index in [1.54, 1.807) is 0 Å². The lowest BCUT2D eigenvalue weighted by Crippen LogP contribution is -2.33. The van der Waals surface area contributed by atoms with Gasteiger partial charge in [-0.2, -0.15) is 10.5 Å². The van der Waals surface area contributed by atoms with Gasteiger partial charge in [0.15, 0.2) is 0 Å². The van der Waals surface area contributed by atoms with E-state index in [1.165, 1.54) is 12.8 Å². The first kappa shape index (κ1) is 16.9. The molecule has 0 rings (SSSR count). The third-order valence-electron chi connectivity index (χ3n) is 2.93. The van der Waals surface area contributed by atoms with E-state index in [0.29, 0.717) is 0 Å². The van der Waals surface area contributed by atoms with Gasteiger partial charge < -0.3 is 10.6 Å². The van der Waals surface area contributed by atoms with E-state index in [0.717, 1.165) is 39.0 Å². The standard InChI is InChI=1S/C14H26N4/c1-13(9-16)11-18(12-14(2)10-17)8-6-4-3-5-7-15/h13-14H,3-8,11-12,15H2,1-2H3. The van der Waals surface area contributed by atoms with E-state index in [9.17, 15) is 0 Å². The van der Waals surface area contributed by atoms with Crippen LogP contribution in [0.25, 0.3) is 0 Å². The minimum Gasteiger partial charge on any atom is -0.330 e. The molecule has 0 aliphatic rings. The molecule has 4 heteroatoms. The molecule has 0 heterocycles. The Kier molecular flexibility index (Phi) is 10.3. The Balaban J connectivity index is 3.98. The number of nitriles is 2. The third-order valence-corrected chi connectivity index (χ3v) is 2.93. The second kappa shape index (κ2) is 11.0. The summed E-state index contributed by atoms with van der Waals surface area (Å²) in [6.07, 6.45) is 4.56. The van der Waals surface area contributed by atoms with Crippen molar-refractivity contribution in [3.05, 3.63) is 0 Å². The average molecular weight is 250 g/mol. The van der Waals surface area contributed by atoms with Gasteiger partial charge in [0.1, 0.15) is 0 Å². The largest absolute Gasteiger partial charge is 0.330 e. The highest BCUT2D eigenvalue weighted by Crippen LogP contribution is 2.07. The van der Waals surface area contributed by atoms with Crippen LogP contribution in [0.3, 0.4) is 0 Å². The molecule has 102 valence electrons. The van der Waals surface area contributed by atoms with Crippen LogP contribution in [0.4, 0.5) is 0 Å². The zero-order chi connectivity index (χ0) is 13.8. The maximum absolute atomic E-state index is 8.86. The zero-order valence-corrected chi connectivity index (χ0v) is 11.7. The van der Waals surface area contributed by atoms with Gasteiger partial charge in [0.2, 0.25) is 0 Å². The van der Waals surface area contributed by atoms with Crippen LogP contribution in [0.15, 0.2) is 0 Å². The van der Waals surface area contributed by atoms with Gasteiger partial charge in [0.05, 0.1) is 24.0 Å². The summed E-state index contributed by atoms with van der Waals surface area (Å²) in [5.74, 6) is 0.0554. The van der Waals surface area contributed by atoms with Crippen LogP contribution in [-0.2, 0) is 0 Å². The normalized spacial score (nSPS) is 13.9. The average Bonchev–Trinajstić information content (AvgIpc) is 2.37. The first-order valence-electron chi connectivity index (χ1n) is 6.85. The van der Waals surface area contributed by atoms with Crippen molar-refractivity contribution in [3.63, 3.8) is 0 Å². The first-order chi connectivity index (χ1) is 8.63. The van der Waals surface area contributed by atoms with Crippen molar-refractivity contribution >= 4 is 0 Å². The molecule has 0 aromatic rings. The van der Waals surface area contributed by atoms with E-state index in [4.69, 9.17) is 16.3 Å². The molecule has 0 amide bonds. The van der Waals surface area contributed by atoms with Crippen LogP contribution in [0, 0.1) is 34.5 Å². The fourth-order valence-corrected chi connectivity index (χ4v) is 1.95. The topological polar surface area (TPSA) is 76.8 Å². The van der Waals surface area contributed by atoms with Crippen molar-refractivity contribution < 1.29 is 0 Å².